The van der Waals surface area contributed by atoms with Crippen molar-refractivity contribution in [2.75, 3.05) is 20.2 Å². The van der Waals surface area contributed by atoms with Gasteiger partial charge in [0.1, 0.15) is 11.5 Å². The standard InChI is InChI=1S/C18H20N2O5/c1-11-6-14(25-19-11)8-17(21)20-9-15(16(10-20)18(22)23)12-4-3-5-13(7-12)24-2/h3-7,15-16H,8-10H2,1-2H3,(H,22,23)/t15-,16+/m1/s1. The molecule has 0 bridgehead atoms. The van der Waals surface area contributed by atoms with Gasteiger partial charge in [0.2, 0.25) is 5.91 Å². The van der Waals surface area contributed by atoms with Gasteiger partial charge in [0.25, 0.3) is 0 Å². The SMILES string of the molecule is COc1cccc([C@H]2CN(C(=O)Cc3cc(C)no3)C[C@@H]2C(=O)O)c1. The van der Waals surface area contributed by atoms with E-state index in [1.165, 1.54) is 0 Å². The molecule has 7 heteroatoms. The topological polar surface area (TPSA) is 92.9 Å². The molecule has 7 nitrogen and oxygen atoms in total. The molecule has 1 aliphatic rings. The fourth-order valence-corrected chi connectivity index (χ4v) is 3.23. The van der Waals surface area contributed by atoms with Crippen LogP contribution < -0.4 is 4.74 Å². The molecule has 1 aliphatic heterocycles. The molecule has 1 aromatic heterocycles. The van der Waals surface area contributed by atoms with Crippen molar-refractivity contribution in [1.29, 1.82) is 0 Å². The number of carbonyl (C=O) groups excluding carboxylic acids is 1. The van der Waals surface area contributed by atoms with E-state index in [1.807, 2.05) is 24.3 Å². The highest BCUT2D eigenvalue weighted by atomic mass is 16.5. The highest BCUT2D eigenvalue weighted by Crippen LogP contribution is 2.34. The van der Waals surface area contributed by atoms with E-state index in [4.69, 9.17) is 9.26 Å². The predicted molar refractivity (Wildman–Crippen MR) is 88.4 cm³/mol. The van der Waals surface area contributed by atoms with Crippen LogP contribution in [-0.2, 0) is 16.0 Å². The summed E-state index contributed by atoms with van der Waals surface area (Å²) in [5.41, 5.74) is 1.57. The van der Waals surface area contributed by atoms with Gasteiger partial charge in [-0.25, -0.2) is 0 Å². The van der Waals surface area contributed by atoms with Gasteiger partial charge >= 0.3 is 5.97 Å². The Hall–Kier alpha value is -2.83. The predicted octanol–water partition coefficient (Wildman–Crippen LogP) is 1.86. The summed E-state index contributed by atoms with van der Waals surface area (Å²) in [5, 5.41) is 13.3. The Morgan fingerprint density at radius 3 is 2.80 bits per heavy atom. The van der Waals surface area contributed by atoms with Gasteiger partial charge in [-0.1, -0.05) is 17.3 Å². The molecular formula is C18H20N2O5. The highest BCUT2D eigenvalue weighted by Gasteiger charge is 2.40. The van der Waals surface area contributed by atoms with Crippen LogP contribution in [0.2, 0.25) is 0 Å². The lowest BCUT2D eigenvalue weighted by molar-refractivity contribution is -0.141. The lowest BCUT2D eigenvalue weighted by Gasteiger charge is -2.16. The number of amides is 1. The molecule has 1 amide bonds. The van der Waals surface area contributed by atoms with Gasteiger partial charge in [0.15, 0.2) is 0 Å². The van der Waals surface area contributed by atoms with Crippen LogP contribution in [0.5, 0.6) is 5.75 Å². The van der Waals surface area contributed by atoms with Crippen molar-refractivity contribution in [2.24, 2.45) is 5.92 Å². The smallest absolute Gasteiger partial charge is 0.308 e. The Kier molecular flexibility index (Phi) is 4.74. The molecule has 25 heavy (non-hydrogen) atoms. The van der Waals surface area contributed by atoms with E-state index >= 15 is 0 Å². The molecule has 1 fully saturated rings. The van der Waals surface area contributed by atoms with Gasteiger partial charge in [-0.15, -0.1) is 0 Å². The van der Waals surface area contributed by atoms with Crippen molar-refractivity contribution < 1.29 is 24.0 Å². The Balaban J connectivity index is 1.77. The summed E-state index contributed by atoms with van der Waals surface area (Å²) in [4.78, 5) is 25.8. The number of carbonyl (C=O) groups is 2. The van der Waals surface area contributed by atoms with Gasteiger partial charge in [0, 0.05) is 25.1 Å². The summed E-state index contributed by atoms with van der Waals surface area (Å²) < 4.78 is 10.3. The number of aliphatic carboxylic acids is 1. The summed E-state index contributed by atoms with van der Waals surface area (Å²) in [7, 11) is 1.57. The number of likely N-dealkylation sites (tertiary alicyclic amines) is 1. The molecule has 0 saturated carbocycles. The first-order valence-electron chi connectivity index (χ1n) is 8.04. The van der Waals surface area contributed by atoms with E-state index in [1.54, 1.807) is 25.0 Å². The second-order valence-electron chi connectivity index (χ2n) is 6.24. The maximum absolute atomic E-state index is 12.5. The molecule has 1 aromatic carbocycles. The Labute approximate surface area is 145 Å². The number of carboxylic acids is 1. The number of benzene rings is 1. The number of aryl methyl sites for hydroxylation is 1. The maximum Gasteiger partial charge on any atom is 0.308 e. The number of aromatic nitrogens is 1. The number of hydrogen-bond donors (Lipinski definition) is 1. The van der Waals surface area contributed by atoms with E-state index in [0.717, 1.165) is 5.56 Å². The number of hydrogen-bond acceptors (Lipinski definition) is 5. The Morgan fingerprint density at radius 2 is 2.16 bits per heavy atom. The molecule has 0 unspecified atom stereocenters. The summed E-state index contributed by atoms with van der Waals surface area (Å²) in [6.07, 6.45) is 0.0814. The van der Waals surface area contributed by atoms with E-state index in [0.29, 0.717) is 23.7 Å². The average molecular weight is 344 g/mol. The lowest BCUT2D eigenvalue weighted by atomic mass is 9.89. The molecule has 0 aliphatic carbocycles. The molecule has 2 atom stereocenters. The van der Waals surface area contributed by atoms with Crippen LogP contribution in [0.25, 0.3) is 0 Å². The monoisotopic (exact) mass is 344 g/mol. The number of methoxy groups -OCH3 is 1. The zero-order valence-electron chi connectivity index (χ0n) is 14.1. The van der Waals surface area contributed by atoms with Crippen molar-refractivity contribution in [2.45, 2.75) is 19.3 Å². The number of nitrogens with zero attached hydrogens (tertiary/aromatic N) is 2. The molecule has 1 N–H and O–H groups in total. The fourth-order valence-electron chi connectivity index (χ4n) is 3.23. The van der Waals surface area contributed by atoms with Crippen molar-refractivity contribution in [1.82, 2.24) is 10.1 Å². The quantitative estimate of drug-likeness (QED) is 0.890. The molecule has 2 heterocycles. The van der Waals surface area contributed by atoms with Crippen LogP contribution >= 0.6 is 0 Å². The second kappa shape index (κ2) is 6.96. The van der Waals surface area contributed by atoms with Gasteiger partial charge in [-0.3, -0.25) is 9.59 Å². The second-order valence-corrected chi connectivity index (χ2v) is 6.24. The molecular weight excluding hydrogens is 324 g/mol. The van der Waals surface area contributed by atoms with E-state index < -0.39 is 11.9 Å². The summed E-state index contributed by atoms with van der Waals surface area (Å²) >= 11 is 0. The zero-order valence-corrected chi connectivity index (χ0v) is 14.1. The number of carboxylic acid groups (broad SMARTS) is 1. The molecule has 132 valence electrons. The van der Waals surface area contributed by atoms with Crippen LogP contribution in [0.1, 0.15) is 22.9 Å². The van der Waals surface area contributed by atoms with Crippen molar-refractivity contribution >= 4 is 11.9 Å². The van der Waals surface area contributed by atoms with Gasteiger partial charge in [-0.05, 0) is 24.6 Å². The Bertz CT molecular complexity index is 785. The molecule has 0 radical (unpaired) electrons. The van der Waals surface area contributed by atoms with Crippen molar-refractivity contribution in [3.8, 4) is 5.75 Å². The molecule has 3 rings (SSSR count). The first-order valence-corrected chi connectivity index (χ1v) is 8.04. The molecule has 2 aromatic rings. The maximum atomic E-state index is 12.5. The van der Waals surface area contributed by atoms with Crippen LogP contribution in [0.3, 0.4) is 0 Å². The summed E-state index contributed by atoms with van der Waals surface area (Å²) in [6.45, 7) is 2.33. The third kappa shape index (κ3) is 3.65. The molecule has 1 saturated heterocycles. The first-order chi connectivity index (χ1) is 12.0. The largest absolute Gasteiger partial charge is 0.497 e. The zero-order chi connectivity index (χ0) is 18.0. The van der Waals surface area contributed by atoms with Crippen LogP contribution in [0, 0.1) is 12.8 Å². The molecule has 0 spiro atoms. The van der Waals surface area contributed by atoms with Crippen LogP contribution in [0.15, 0.2) is 34.9 Å². The Morgan fingerprint density at radius 1 is 1.36 bits per heavy atom. The number of ether oxygens (including phenoxy) is 1. The van der Waals surface area contributed by atoms with E-state index in [2.05, 4.69) is 5.16 Å². The minimum atomic E-state index is -0.904. The highest BCUT2D eigenvalue weighted by molar-refractivity contribution is 5.81. The lowest BCUT2D eigenvalue weighted by Crippen LogP contribution is -2.31. The van der Waals surface area contributed by atoms with E-state index in [9.17, 15) is 14.7 Å². The van der Waals surface area contributed by atoms with Crippen LogP contribution in [-0.4, -0.2) is 47.2 Å². The van der Waals surface area contributed by atoms with Gasteiger partial charge < -0.3 is 19.3 Å². The van der Waals surface area contributed by atoms with Crippen LogP contribution in [0.4, 0.5) is 0 Å². The van der Waals surface area contributed by atoms with Crippen molar-refractivity contribution in [3.05, 3.63) is 47.3 Å². The average Bonchev–Trinajstić information content (AvgIpc) is 3.21. The van der Waals surface area contributed by atoms with Gasteiger partial charge in [0.05, 0.1) is 25.1 Å². The fraction of sp³-hybridized carbons (Fsp3) is 0.389. The van der Waals surface area contributed by atoms with Crippen molar-refractivity contribution in [3.63, 3.8) is 0 Å². The summed E-state index contributed by atoms with van der Waals surface area (Å²) in [5.74, 6) is -0.824. The third-order valence-corrected chi connectivity index (χ3v) is 4.51. The summed E-state index contributed by atoms with van der Waals surface area (Å²) in [6, 6.07) is 9.05. The van der Waals surface area contributed by atoms with Gasteiger partial charge in [-0.2, -0.15) is 0 Å². The minimum absolute atomic E-state index is 0.0814. The minimum Gasteiger partial charge on any atom is -0.497 e. The third-order valence-electron chi connectivity index (χ3n) is 4.51. The first kappa shape index (κ1) is 17.0. The van der Waals surface area contributed by atoms with E-state index in [-0.39, 0.29) is 24.8 Å². The number of rotatable bonds is 5. The normalized spacial score (nSPS) is 19.8.